The average molecular weight is 759 g/mol. The molecule has 0 amide bonds. The van der Waals surface area contributed by atoms with Gasteiger partial charge in [0.25, 0.3) is 0 Å². The zero-order valence-corrected chi connectivity index (χ0v) is 23.7. The maximum atomic E-state index is 7.17. The Labute approximate surface area is 275 Å². The van der Waals surface area contributed by atoms with Crippen molar-refractivity contribution >= 4 is 87.9 Å². The van der Waals surface area contributed by atoms with Crippen molar-refractivity contribution < 1.29 is 181 Å². The zero-order valence-electron chi connectivity index (χ0n) is 23.7. The van der Waals surface area contributed by atoms with Gasteiger partial charge in [-0.3, -0.25) is 0 Å². The van der Waals surface area contributed by atoms with Gasteiger partial charge in [-0.25, -0.2) is 0 Å². The van der Waals surface area contributed by atoms with Gasteiger partial charge in [-0.2, -0.15) is 0 Å². The molecule has 0 bridgehead atoms. The predicted octanol–water partition coefficient (Wildman–Crippen LogP) is -24.5. The first kappa shape index (κ1) is 86.7. The van der Waals surface area contributed by atoms with Crippen LogP contribution in [0.15, 0.2) is 0 Å². The van der Waals surface area contributed by atoms with E-state index in [1.54, 1.807) is 0 Å². The molecule has 0 rings (SSSR count). The second-order valence-corrected chi connectivity index (χ2v) is 4.16. The standard InChI is InChI=1S/12BH3O3.H3N/c12*2-1(3)4;/h12*2-4H;1H3. The number of hydrogen-bond acceptors (Lipinski definition) is 37. The summed E-state index contributed by atoms with van der Waals surface area (Å²) in [5, 5.41) is 258. The summed E-state index contributed by atoms with van der Waals surface area (Å²) in [5.41, 5.74) is 0. The lowest BCUT2D eigenvalue weighted by atomic mass is 10.3. The van der Waals surface area contributed by atoms with Gasteiger partial charge < -0.3 is 187 Å². The van der Waals surface area contributed by atoms with Crippen LogP contribution in [0, 0.1) is 0 Å². The minimum atomic E-state index is -2.17. The van der Waals surface area contributed by atoms with E-state index < -0.39 is 87.9 Å². The van der Waals surface area contributed by atoms with Crippen LogP contribution >= 0.6 is 0 Å². The summed E-state index contributed by atoms with van der Waals surface area (Å²) in [6, 6.07) is 0. The van der Waals surface area contributed by atoms with E-state index in [-0.39, 0.29) is 6.15 Å². The molecule has 0 atom stereocenters. The van der Waals surface area contributed by atoms with Crippen molar-refractivity contribution in [1.82, 2.24) is 6.15 Å². The Bertz CT molecular complexity index is 232. The van der Waals surface area contributed by atoms with E-state index in [1.807, 2.05) is 0 Å². The topological polar surface area (TPSA) is 763 Å². The van der Waals surface area contributed by atoms with E-state index in [0.717, 1.165) is 0 Å². The van der Waals surface area contributed by atoms with Crippen molar-refractivity contribution in [2.24, 2.45) is 0 Å². The average Bonchev–Trinajstić information content (AvgIpc) is 2.61. The highest BCUT2D eigenvalue weighted by Crippen LogP contribution is 1.44. The molecular formula is H39B12NO36. The molecule has 0 saturated heterocycles. The van der Waals surface area contributed by atoms with Gasteiger partial charge in [0.05, 0.1) is 0 Å². The normalized spacial score (nSPS) is 6.61. The van der Waals surface area contributed by atoms with Gasteiger partial charge in [-0.05, 0) is 0 Å². The van der Waals surface area contributed by atoms with Crippen LogP contribution in [0.4, 0.5) is 0 Å². The van der Waals surface area contributed by atoms with Crippen molar-refractivity contribution in [3.63, 3.8) is 0 Å². The molecule has 49 heteroatoms. The third kappa shape index (κ3) is 198000. The molecule has 49 heavy (non-hydrogen) atoms. The summed E-state index contributed by atoms with van der Waals surface area (Å²) in [6.45, 7) is 0. The summed E-state index contributed by atoms with van der Waals surface area (Å²) in [4.78, 5) is 0. The molecule has 0 aromatic heterocycles. The van der Waals surface area contributed by atoms with Gasteiger partial charge >= 0.3 is 87.9 Å². The molecule has 0 unspecified atom stereocenters. The maximum absolute atomic E-state index is 7.17. The first-order valence-electron chi connectivity index (χ1n) is 9.30. The Kier molecular flexibility index (Phi) is 144. The minimum absolute atomic E-state index is 0. The minimum Gasteiger partial charge on any atom is -0.402 e. The fourth-order valence-corrected chi connectivity index (χ4v) is 0. The number of rotatable bonds is 0. The van der Waals surface area contributed by atoms with Crippen molar-refractivity contribution in [1.29, 1.82) is 0 Å². The monoisotopic (exact) mass is 761 g/mol. The molecule has 296 valence electrons. The highest BCUT2D eigenvalue weighted by molar-refractivity contribution is 6.33. The second kappa shape index (κ2) is 81.4. The molecule has 0 aliphatic rings. The molecule has 0 radical (unpaired) electrons. The summed E-state index contributed by atoms with van der Waals surface area (Å²) in [5.74, 6) is 0. The highest BCUT2D eigenvalue weighted by Gasteiger charge is 1.96. The van der Waals surface area contributed by atoms with Gasteiger partial charge in [0, 0.05) is 0 Å². The van der Waals surface area contributed by atoms with Crippen LogP contribution in [-0.2, 0) is 0 Å². The van der Waals surface area contributed by atoms with Crippen LogP contribution in [-0.4, -0.2) is 269 Å². The largest absolute Gasteiger partial charge is 0.631 e. The summed E-state index contributed by atoms with van der Waals surface area (Å²) in [6.07, 6.45) is 0. The maximum Gasteiger partial charge on any atom is 0.631 e. The fourth-order valence-electron chi connectivity index (χ4n) is 0. The molecule has 0 fully saturated rings. The molecule has 0 spiro atoms. The third-order valence-electron chi connectivity index (χ3n) is 0. The van der Waals surface area contributed by atoms with Gasteiger partial charge in [0.1, 0.15) is 0 Å². The Morgan fingerprint density at radius 1 is 0.102 bits per heavy atom. The van der Waals surface area contributed by atoms with Gasteiger partial charge in [-0.1, -0.05) is 0 Å². The molecule has 0 heterocycles. The van der Waals surface area contributed by atoms with Crippen LogP contribution in [0.1, 0.15) is 0 Å². The third-order valence-corrected chi connectivity index (χ3v) is 0. The summed E-state index contributed by atoms with van der Waals surface area (Å²) in [7, 11) is -26.0. The van der Waals surface area contributed by atoms with Crippen LogP contribution in [0.5, 0.6) is 0 Å². The molecule has 0 saturated carbocycles. The smallest absolute Gasteiger partial charge is 0.402 e. The van der Waals surface area contributed by atoms with Gasteiger partial charge in [0.2, 0.25) is 0 Å². The van der Waals surface area contributed by atoms with E-state index in [0.29, 0.717) is 0 Å². The SMILES string of the molecule is N.OB(O)O.OB(O)O.OB(O)O.OB(O)O.OB(O)O.OB(O)O.OB(O)O.OB(O)O.OB(O)O.OB(O)O.OB(O)O.OB(O)O. The Morgan fingerprint density at radius 2 is 0.102 bits per heavy atom. The molecule has 0 aliphatic carbocycles. The lowest BCUT2D eigenvalue weighted by molar-refractivity contribution is 0.276. The lowest BCUT2D eigenvalue weighted by Gasteiger charge is -1.69. The first-order valence-corrected chi connectivity index (χ1v) is 9.30. The molecule has 0 aliphatic heterocycles. The van der Waals surface area contributed by atoms with E-state index >= 15 is 0 Å². The van der Waals surface area contributed by atoms with Gasteiger partial charge in [-0.15, -0.1) is 0 Å². The summed E-state index contributed by atoms with van der Waals surface area (Å²) >= 11 is 0. The van der Waals surface area contributed by atoms with Crippen molar-refractivity contribution in [2.75, 3.05) is 0 Å². The van der Waals surface area contributed by atoms with Gasteiger partial charge in [0.15, 0.2) is 0 Å². The molecule has 39 N–H and O–H groups in total. The predicted molar refractivity (Wildman–Crippen MR) is 154 cm³/mol. The van der Waals surface area contributed by atoms with Crippen LogP contribution in [0.3, 0.4) is 0 Å². The quantitative estimate of drug-likeness (QED) is 0.102. The van der Waals surface area contributed by atoms with E-state index in [1.165, 1.54) is 0 Å². The number of hydrogen-bond donors (Lipinski definition) is 37. The van der Waals surface area contributed by atoms with Crippen molar-refractivity contribution in [3.8, 4) is 0 Å². The van der Waals surface area contributed by atoms with Crippen LogP contribution in [0.25, 0.3) is 0 Å². The molecular weight excluding hydrogens is 720 g/mol. The Hall–Kier alpha value is -0.701. The van der Waals surface area contributed by atoms with Crippen LogP contribution in [0.2, 0.25) is 0 Å². The summed E-state index contributed by atoms with van der Waals surface area (Å²) < 4.78 is 0. The van der Waals surface area contributed by atoms with E-state index in [2.05, 4.69) is 0 Å². The van der Waals surface area contributed by atoms with E-state index in [4.69, 9.17) is 181 Å². The molecule has 0 aromatic carbocycles. The van der Waals surface area contributed by atoms with Crippen LogP contribution < -0.4 is 6.15 Å². The molecule has 0 aromatic rings. The zero-order chi connectivity index (χ0) is 42.9. The van der Waals surface area contributed by atoms with Crippen molar-refractivity contribution in [2.45, 2.75) is 0 Å². The molecule has 37 nitrogen and oxygen atoms in total. The fraction of sp³-hybridized carbons (Fsp3) is 0. The Balaban J connectivity index is -0.0000000262. The second-order valence-electron chi connectivity index (χ2n) is 4.16. The Morgan fingerprint density at radius 3 is 0.102 bits per heavy atom. The lowest BCUT2D eigenvalue weighted by Crippen LogP contribution is -2.07. The van der Waals surface area contributed by atoms with Crippen molar-refractivity contribution in [3.05, 3.63) is 0 Å². The highest BCUT2D eigenvalue weighted by atomic mass is 16.6. The first-order chi connectivity index (χ1) is 20.8. The van der Waals surface area contributed by atoms with E-state index in [9.17, 15) is 0 Å².